The molecule has 2 rings (SSSR count). The van der Waals surface area contributed by atoms with Crippen molar-refractivity contribution < 1.29 is 4.79 Å². The molecule has 1 amide bonds. The molecule has 0 spiro atoms. The molecule has 0 atom stereocenters. The van der Waals surface area contributed by atoms with E-state index < -0.39 is 0 Å². The zero-order chi connectivity index (χ0) is 16.1. The Kier molecular flexibility index (Phi) is 5.61. The number of amides is 1. The number of halogens is 2. The number of nitrogens with one attached hydrogen (secondary N) is 1. The van der Waals surface area contributed by atoms with Crippen LogP contribution in [0.25, 0.3) is 0 Å². The van der Waals surface area contributed by atoms with Crippen LogP contribution in [0.4, 0.5) is 5.82 Å². The fourth-order valence-corrected chi connectivity index (χ4v) is 2.69. The summed E-state index contributed by atoms with van der Waals surface area (Å²) < 4.78 is 0. The molecule has 0 saturated carbocycles. The number of nitrogens with zero attached hydrogens (tertiary/aromatic N) is 3. The monoisotopic (exact) mass is 352 g/mol. The van der Waals surface area contributed by atoms with Crippen molar-refractivity contribution in [2.75, 3.05) is 11.1 Å². The quantitative estimate of drug-likeness (QED) is 0.848. The predicted octanol–water partition coefficient (Wildman–Crippen LogP) is 3.69. The summed E-state index contributed by atoms with van der Waals surface area (Å²) in [5.74, 6) is 0.0529. The van der Waals surface area contributed by atoms with Crippen LogP contribution in [-0.2, 0) is 4.79 Å². The summed E-state index contributed by atoms with van der Waals surface area (Å²) in [6.45, 7) is 1.72. The molecule has 2 aromatic heterocycles. The molecule has 0 fully saturated rings. The van der Waals surface area contributed by atoms with Gasteiger partial charge in [0, 0.05) is 6.20 Å². The number of anilines is 1. The second kappa shape index (κ2) is 7.45. The summed E-state index contributed by atoms with van der Waals surface area (Å²) in [6.07, 6.45) is 1.57. The van der Waals surface area contributed by atoms with Crippen molar-refractivity contribution in [2.24, 2.45) is 0 Å². The van der Waals surface area contributed by atoms with E-state index >= 15 is 0 Å². The van der Waals surface area contributed by atoms with Crippen LogP contribution in [0.3, 0.4) is 0 Å². The minimum atomic E-state index is -0.296. The maximum absolute atomic E-state index is 12.0. The third-order valence-electron chi connectivity index (χ3n) is 2.59. The van der Waals surface area contributed by atoms with Gasteiger partial charge < -0.3 is 5.32 Å². The summed E-state index contributed by atoms with van der Waals surface area (Å²) in [7, 11) is 0. The molecule has 0 saturated heterocycles. The molecule has 0 bridgehead atoms. The first-order chi connectivity index (χ1) is 10.5. The van der Waals surface area contributed by atoms with Gasteiger partial charge in [-0.15, -0.1) is 0 Å². The van der Waals surface area contributed by atoms with Gasteiger partial charge >= 0.3 is 0 Å². The SMILES string of the molecule is Cc1nc(NC(=O)CSc2ncccc2C#N)c(Cl)cc1Cl. The van der Waals surface area contributed by atoms with Crippen molar-refractivity contribution in [3.8, 4) is 6.07 Å². The first-order valence-corrected chi connectivity index (χ1v) is 7.86. The minimum absolute atomic E-state index is 0.0887. The number of hydrogen-bond donors (Lipinski definition) is 1. The van der Waals surface area contributed by atoms with Crippen molar-refractivity contribution in [3.63, 3.8) is 0 Å². The highest BCUT2D eigenvalue weighted by Crippen LogP contribution is 2.26. The van der Waals surface area contributed by atoms with Crippen LogP contribution >= 0.6 is 35.0 Å². The van der Waals surface area contributed by atoms with Gasteiger partial charge in [-0.1, -0.05) is 35.0 Å². The predicted molar refractivity (Wildman–Crippen MR) is 87.3 cm³/mol. The molecule has 5 nitrogen and oxygen atoms in total. The van der Waals surface area contributed by atoms with Gasteiger partial charge in [-0.3, -0.25) is 4.79 Å². The van der Waals surface area contributed by atoms with Crippen molar-refractivity contribution in [1.29, 1.82) is 5.26 Å². The fourth-order valence-electron chi connectivity index (χ4n) is 1.54. The van der Waals surface area contributed by atoms with Gasteiger partial charge in [0.15, 0.2) is 5.82 Å². The second-order valence-corrected chi connectivity index (χ2v) is 5.97. The van der Waals surface area contributed by atoms with Crippen LogP contribution in [0.5, 0.6) is 0 Å². The Bertz CT molecular complexity index is 761. The lowest BCUT2D eigenvalue weighted by Gasteiger charge is -2.08. The Labute approximate surface area is 141 Å². The highest BCUT2D eigenvalue weighted by atomic mass is 35.5. The van der Waals surface area contributed by atoms with Crippen molar-refractivity contribution in [1.82, 2.24) is 9.97 Å². The highest BCUT2D eigenvalue weighted by Gasteiger charge is 2.12. The number of thioether (sulfide) groups is 1. The maximum atomic E-state index is 12.0. The average molecular weight is 353 g/mol. The molecule has 0 radical (unpaired) electrons. The molecule has 2 heterocycles. The Morgan fingerprint density at radius 1 is 1.45 bits per heavy atom. The molecule has 0 aliphatic carbocycles. The van der Waals surface area contributed by atoms with Crippen LogP contribution < -0.4 is 5.32 Å². The number of hydrogen-bond acceptors (Lipinski definition) is 5. The summed E-state index contributed by atoms with van der Waals surface area (Å²) in [5.41, 5.74) is 1.00. The zero-order valence-corrected chi connectivity index (χ0v) is 13.8. The lowest BCUT2D eigenvalue weighted by atomic mass is 10.3. The van der Waals surface area contributed by atoms with E-state index in [4.69, 9.17) is 28.5 Å². The highest BCUT2D eigenvalue weighted by molar-refractivity contribution is 8.00. The molecule has 1 N–H and O–H groups in total. The Morgan fingerprint density at radius 2 is 2.23 bits per heavy atom. The first kappa shape index (κ1) is 16.6. The summed E-state index contributed by atoms with van der Waals surface area (Å²) in [6, 6.07) is 6.87. The molecule has 0 unspecified atom stereocenters. The molecular formula is C14H10Cl2N4OS. The topological polar surface area (TPSA) is 78.7 Å². The van der Waals surface area contributed by atoms with E-state index in [1.54, 1.807) is 25.3 Å². The third kappa shape index (κ3) is 4.10. The fraction of sp³-hybridized carbons (Fsp3) is 0.143. The number of carbonyl (C=O) groups is 1. The average Bonchev–Trinajstić information content (AvgIpc) is 2.51. The van der Waals surface area contributed by atoms with Crippen LogP contribution in [0.2, 0.25) is 10.0 Å². The number of aromatic nitrogens is 2. The van der Waals surface area contributed by atoms with Crippen molar-refractivity contribution >= 4 is 46.7 Å². The Morgan fingerprint density at radius 3 is 2.95 bits per heavy atom. The normalized spacial score (nSPS) is 10.1. The molecule has 112 valence electrons. The van der Waals surface area contributed by atoms with Crippen LogP contribution in [0.1, 0.15) is 11.3 Å². The van der Waals surface area contributed by atoms with E-state index in [2.05, 4.69) is 15.3 Å². The van der Waals surface area contributed by atoms with E-state index in [-0.39, 0.29) is 22.5 Å². The van der Waals surface area contributed by atoms with Crippen LogP contribution in [-0.4, -0.2) is 21.6 Å². The van der Waals surface area contributed by atoms with Gasteiger partial charge in [-0.2, -0.15) is 5.26 Å². The van der Waals surface area contributed by atoms with Gasteiger partial charge in [0.1, 0.15) is 11.1 Å². The molecule has 0 aromatic carbocycles. The van der Waals surface area contributed by atoms with E-state index in [0.717, 1.165) is 0 Å². The van der Waals surface area contributed by atoms with Crippen LogP contribution in [0, 0.1) is 18.3 Å². The van der Waals surface area contributed by atoms with Crippen molar-refractivity contribution in [3.05, 3.63) is 45.7 Å². The minimum Gasteiger partial charge on any atom is -0.309 e. The van der Waals surface area contributed by atoms with Crippen molar-refractivity contribution in [2.45, 2.75) is 11.9 Å². The second-order valence-electron chi connectivity index (χ2n) is 4.19. The van der Waals surface area contributed by atoms with Gasteiger partial charge in [0.05, 0.1) is 27.1 Å². The number of rotatable bonds is 4. The molecule has 0 aliphatic heterocycles. The van der Waals surface area contributed by atoms with Gasteiger partial charge in [0.2, 0.25) is 5.91 Å². The molecule has 8 heteroatoms. The number of aryl methyl sites for hydroxylation is 1. The zero-order valence-electron chi connectivity index (χ0n) is 11.4. The molecular weight excluding hydrogens is 343 g/mol. The number of pyridine rings is 2. The molecule has 0 aliphatic rings. The van der Waals surface area contributed by atoms with E-state index in [0.29, 0.717) is 21.3 Å². The third-order valence-corrected chi connectivity index (χ3v) is 4.27. The van der Waals surface area contributed by atoms with E-state index in [9.17, 15) is 4.79 Å². The lowest BCUT2D eigenvalue weighted by Crippen LogP contribution is -2.16. The van der Waals surface area contributed by atoms with Crippen LogP contribution in [0.15, 0.2) is 29.4 Å². The maximum Gasteiger partial charge on any atom is 0.235 e. The largest absolute Gasteiger partial charge is 0.309 e. The van der Waals surface area contributed by atoms with Gasteiger partial charge in [0.25, 0.3) is 0 Å². The Hall–Kier alpha value is -1.81. The Balaban J connectivity index is 2.02. The molecule has 2 aromatic rings. The first-order valence-electron chi connectivity index (χ1n) is 6.11. The molecule has 22 heavy (non-hydrogen) atoms. The van der Waals surface area contributed by atoms with Gasteiger partial charge in [-0.05, 0) is 25.1 Å². The van der Waals surface area contributed by atoms with E-state index in [1.165, 1.54) is 17.8 Å². The summed E-state index contributed by atoms with van der Waals surface area (Å²) in [4.78, 5) is 20.2. The summed E-state index contributed by atoms with van der Waals surface area (Å²) >= 11 is 13.1. The lowest BCUT2D eigenvalue weighted by molar-refractivity contribution is -0.113. The number of nitriles is 1. The van der Waals surface area contributed by atoms with E-state index in [1.807, 2.05) is 6.07 Å². The number of carbonyl (C=O) groups excluding carboxylic acids is 1. The van der Waals surface area contributed by atoms with Gasteiger partial charge in [-0.25, -0.2) is 9.97 Å². The summed E-state index contributed by atoms with van der Waals surface area (Å²) in [5, 5.41) is 12.8. The smallest absolute Gasteiger partial charge is 0.235 e. The standard InChI is InChI=1S/C14H10Cl2N4OS/c1-8-10(15)5-11(16)13(19-8)20-12(21)7-22-14-9(6-17)3-2-4-18-14/h2-5H,7H2,1H3,(H,19,20,21).